The number of benzene rings is 2. The van der Waals surface area contributed by atoms with Crippen LogP contribution in [-0.4, -0.2) is 23.0 Å². The zero-order valence-electron chi connectivity index (χ0n) is 13.1. The maximum absolute atomic E-state index is 4.82. The van der Waals surface area contributed by atoms with Crippen molar-refractivity contribution in [2.24, 2.45) is 0 Å². The highest BCUT2D eigenvalue weighted by Crippen LogP contribution is 2.30. The lowest BCUT2D eigenvalue weighted by atomic mass is 10.2. The number of hydrogen-bond acceptors (Lipinski definition) is 3. The first-order valence-corrected chi connectivity index (χ1v) is 9.01. The van der Waals surface area contributed by atoms with Crippen LogP contribution in [0.1, 0.15) is 23.4 Å². The van der Waals surface area contributed by atoms with Crippen molar-refractivity contribution >= 4 is 27.1 Å². The predicted octanol–water partition coefficient (Wildman–Crippen LogP) is 4.98. The molecule has 0 aliphatic carbocycles. The molecule has 0 unspecified atom stereocenters. The number of hydrogen-bond donors (Lipinski definition) is 0. The van der Waals surface area contributed by atoms with Crippen LogP contribution in [0.5, 0.6) is 0 Å². The van der Waals surface area contributed by atoms with E-state index in [1.807, 2.05) is 11.3 Å². The van der Waals surface area contributed by atoms with E-state index in [0.717, 1.165) is 38.0 Å². The Balaban J connectivity index is 1.47. The van der Waals surface area contributed by atoms with Crippen molar-refractivity contribution in [3.05, 3.63) is 71.2 Å². The van der Waals surface area contributed by atoms with Gasteiger partial charge >= 0.3 is 0 Å². The lowest BCUT2D eigenvalue weighted by Crippen LogP contribution is -2.24. The van der Waals surface area contributed by atoms with Crippen LogP contribution < -0.4 is 0 Å². The van der Waals surface area contributed by atoms with Gasteiger partial charge < -0.3 is 0 Å². The summed E-state index contributed by atoms with van der Waals surface area (Å²) in [6, 6.07) is 19.2. The molecule has 0 atom stereocenters. The van der Waals surface area contributed by atoms with E-state index >= 15 is 0 Å². The molecular formula is C20H20N2S. The van der Waals surface area contributed by atoms with E-state index in [-0.39, 0.29) is 0 Å². The summed E-state index contributed by atoms with van der Waals surface area (Å²) in [6.45, 7) is 3.28. The quantitative estimate of drug-likeness (QED) is 0.677. The van der Waals surface area contributed by atoms with Crippen LogP contribution in [0.4, 0.5) is 0 Å². The molecule has 0 saturated carbocycles. The van der Waals surface area contributed by atoms with E-state index in [0.29, 0.717) is 0 Å². The number of aromatic nitrogens is 1. The van der Waals surface area contributed by atoms with Crippen LogP contribution in [0.25, 0.3) is 15.8 Å². The van der Waals surface area contributed by atoms with Gasteiger partial charge in [-0.25, -0.2) is 4.98 Å². The van der Waals surface area contributed by atoms with Gasteiger partial charge in [0.1, 0.15) is 5.01 Å². The van der Waals surface area contributed by atoms with Gasteiger partial charge in [0.05, 0.1) is 10.2 Å². The monoisotopic (exact) mass is 320 g/mol. The molecule has 116 valence electrons. The molecule has 0 spiro atoms. The van der Waals surface area contributed by atoms with E-state index in [1.54, 1.807) is 0 Å². The molecule has 0 amide bonds. The van der Waals surface area contributed by atoms with Crippen LogP contribution in [0.15, 0.2) is 60.7 Å². The smallest absolute Gasteiger partial charge is 0.120 e. The zero-order valence-corrected chi connectivity index (χ0v) is 13.9. The molecule has 0 bridgehead atoms. The normalized spacial score (nSPS) is 16.3. The standard InChI is InChI=1S/C20H20N2S/c1-2-7-16(8-3-1)15-22-13-6-9-17(12-14-22)20-21-18-10-4-5-11-19(18)23-20/h1-5,7-11H,6,12-15H2. The molecule has 0 N–H and O–H groups in total. The van der Waals surface area contributed by atoms with Crippen LogP contribution in [0, 0.1) is 0 Å². The number of rotatable bonds is 3. The van der Waals surface area contributed by atoms with Gasteiger partial charge in [0.15, 0.2) is 0 Å². The van der Waals surface area contributed by atoms with Gasteiger partial charge in [0.2, 0.25) is 0 Å². The van der Waals surface area contributed by atoms with Crippen molar-refractivity contribution in [1.29, 1.82) is 0 Å². The van der Waals surface area contributed by atoms with Gasteiger partial charge in [0.25, 0.3) is 0 Å². The number of thiazole rings is 1. The SMILES string of the molecule is C1=C(c2nc3ccccc3s2)CCN(Cc2ccccc2)CC1. The number of para-hydroxylation sites is 1. The second-order valence-corrected chi connectivity index (χ2v) is 7.05. The summed E-state index contributed by atoms with van der Waals surface area (Å²) in [6.07, 6.45) is 4.59. The minimum atomic E-state index is 1.04. The Labute approximate surface area is 141 Å². The van der Waals surface area contributed by atoms with Gasteiger partial charge in [-0.3, -0.25) is 4.90 Å². The maximum atomic E-state index is 4.82. The summed E-state index contributed by atoms with van der Waals surface area (Å²) >= 11 is 1.82. The highest BCUT2D eigenvalue weighted by molar-refractivity contribution is 7.19. The largest absolute Gasteiger partial charge is 0.298 e. The third-order valence-corrected chi connectivity index (χ3v) is 5.46. The molecule has 3 heteroatoms. The number of nitrogens with zero attached hydrogens (tertiary/aromatic N) is 2. The van der Waals surface area contributed by atoms with Crippen LogP contribution in [0.2, 0.25) is 0 Å². The van der Waals surface area contributed by atoms with Crippen molar-refractivity contribution < 1.29 is 0 Å². The fourth-order valence-electron chi connectivity index (χ4n) is 3.12. The maximum Gasteiger partial charge on any atom is 0.120 e. The van der Waals surface area contributed by atoms with Gasteiger partial charge in [-0.15, -0.1) is 11.3 Å². The van der Waals surface area contributed by atoms with Gasteiger partial charge in [-0.2, -0.15) is 0 Å². The average molecular weight is 320 g/mol. The fourth-order valence-corrected chi connectivity index (χ4v) is 4.15. The van der Waals surface area contributed by atoms with E-state index in [9.17, 15) is 0 Å². The Bertz CT molecular complexity index is 787. The van der Waals surface area contributed by atoms with Crippen molar-refractivity contribution in [3.8, 4) is 0 Å². The second-order valence-electron chi connectivity index (χ2n) is 6.02. The Morgan fingerprint density at radius 2 is 1.78 bits per heavy atom. The predicted molar refractivity (Wildman–Crippen MR) is 98.6 cm³/mol. The van der Waals surface area contributed by atoms with Crippen molar-refractivity contribution in [2.75, 3.05) is 13.1 Å². The van der Waals surface area contributed by atoms with E-state index < -0.39 is 0 Å². The lowest BCUT2D eigenvalue weighted by Gasteiger charge is -2.19. The molecule has 1 aliphatic heterocycles. The first-order valence-electron chi connectivity index (χ1n) is 8.20. The van der Waals surface area contributed by atoms with Gasteiger partial charge in [-0.05, 0) is 36.1 Å². The first kappa shape index (κ1) is 14.6. The highest BCUT2D eigenvalue weighted by atomic mass is 32.1. The van der Waals surface area contributed by atoms with Crippen LogP contribution >= 0.6 is 11.3 Å². The Morgan fingerprint density at radius 1 is 0.957 bits per heavy atom. The third kappa shape index (κ3) is 3.36. The molecule has 0 radical (unpaired) electrons. The Hall–Kier alpha value is -1.97. The summed E-state index contributed by atoms with van der Waals surface area (Å²) in [5.74, 6) is 0. The molecule has 2 aromatic carbocycles. The lowest BCUT2D eigenvalue weighted by molar-refractivity contribution is 0.281. The van der Waals surface area contributed by atoms with Crippen molar-refractivity contribution in [3.63, 3.8) is 0 Å². The molecule has 1 aromatic heterocycles. The molecule has 1 aliphatic rings. The summed E-state index contributed by atoms with van der Waals surface area (Å²) in [5.41, 5.74) is 3.94. The molecule has 2 nitrogen and oxygen atoms in total. The van der Waals surface area contributed by atoms with Crippen LogP contribution in [0.3, 0.4) is 0 Å². The molecular weight excluding hydrogens is 300 g/mol. The molecule has 3 aromatic rings. The van der Waals surface area contributed by atoms with E-state index in [2.05, 4.69) is 65.6 Å². The summed E-state index contributed by atoms with van der Waals surface area (Å²) in [7, 11) is 0. The summed E-state index contributed by atoms with van der Waals surface area (Å²) in [5, 5.41) is 1.20. The highest BCUT2D eigenvalue weighted by Gasteiger charge is 2.14. The zero-order chi connectivity index (χ0) is 15.5. The fraction of sp³-hybridized carbons (Fsp3) is 0.250. The Kier molecular flexibility index (Phi) is 4.22. The minimum absolute atomic E-state index is 1.04. The van der Waals surface area contributed by atoms with Gasteiger partial charge in [0, 0.05) is 19.6 Å². The summed E-state index contributed by atoms with van der Waals surface area (Å²) in [4.78, 5) is 7.37. The molecule has 0 fully saturated rings. The minimum Gasteiger partial charge on any atom is -0.298 e. The third-order valence-electron chi connectivity index (χ3n) is 4.35. The van der Waals surface area contributed by atoms with Crippen LogP contribution in [-0.2, 0) is 6.54 Å². The first-order chi connectivity index (χ1) is 11.4. The van der Waals surface area contributed by atoms with Crippen molar-refractivity contribution in [2.45, 2.75) is 19.4 Å². The molecule has 0 saturated heterocycles. The molecule has 4 rings (SSSR count). The topological polar surface area (TPSA) is 16.1 Å². The van der Waals surface area contributed by atoms with Gasteiger partial charge in [-0.1, -0.05) is 48.5 Å². The molecule has 23 heavy (non-hydrogen) atoms. The van der Waals surface area contributed by atoms with E-state index in [1.165, 1.54) is 20.8 Å². The van der Waals surface area contributed by atoms with Crippen molar-refractivity contribution in [1.82, 2.24) is 9.88 Å². The second kappa shape index (κ2) is 6.65. The average Bonchev–Trinajstić information content (AvgIpc) is 2.89. The number of fused-ring (bicyclic) bond motifs is 1. The Morgan fingerprint density at radius 3 is 2.65 bits per heavy atom. The van der Waals surface area contributed by atoms with E-state index in [4.69, 9.17) is 4.98 Å². The molecule has 2 heterocycles. The summed E-state index contributed by atoms with van der Waals surface area (Å²) < 4.78 is 1.29.